The Hall–Kier alpha value is -1.41. The fourth-order valence-corrected chi connectivity index (χ4v) is 3.91. The van der Waals surface area contributed by atoms with Gasteiger partial charge in [-0.2, -0.15) is 17.7 Å². The van der Waals surface area contributed by atoms with Gasteiger partial charge in [-0.1, -0.05) is 102 Å². The molecule has 0 spiro atoms. The normalized spacial score (nSPS) is 9.65. The van der Waals surface area contributed by atoms with Gasteiger partial charge >= 0.3 is 21.7 Å². The maximum atomic E-state index is 2.38. The van der Waals surface area contributed by atoms with Crippen molar-refractivity contribution in [1.82, 2.24) is 0 Å². The van der Waals surface area contributed by atoms with Crippen LogP contribution in [-0.4, -0.2) is 0 Å². The van der Waals surface area contributed by atoms with Crippen LogP contribution in [0.2, 0.25) is 0 Å². The molecular formula is C27H25Cl3Ti. The Kier molecular flexibility index (Phi) is 13.3. The summed E-state index contributed by atoms with van der Waals surface area (Å²) in [6.45, 7) is 4.34. The van der Waals surface area contributed by atoms with E-state index in [0.29, 0.717) is 0 Å². The van der Waals surface area contributed by atoms with Gasteiger partial charge in [-0.3, -0.25) is 0 Å². The number of hydrogen-bond acceptors (Lipinski definition) is 0. The van der Waals surface area contributed by atoms with E-state index in [1.165, 1.54) is 38.9 Å². The zero-order chi connectivity index (χ0) is 18.6. The summed E-state index contributed by atoms with van der Waals surface area (Å²) >= 11 is 0. The van der Waals surface area contributed by atoms with Gasteiger partial charge in [0.1, 0.15) is 0 Å². The van der Waals surface area contributed by atoms with E-state index < -0.39 is 0 Å². The quantitative estimate of drug-likeness (QED) is 0.214. The van der Waals surface area contributed by atoms with Crippen LogP contribution in [0.4, 0.5) is 0 Å². The first kappa shape index (κ1) is 29.6. The maximum absolute atomic E-state index is 2.38. The molecule has 0 atom stereocenters. The average molecular weight is 504 g/mol. The summed E-state index contributed by atoms with van der Waals surface area (Å²) in [5, 5.41) is 0. The molecule has 0 aromatic heterocycles. The Labute approximate surface area is 220 Å². The van der Waals surface area contributed by atoms with E-state index in [2.05, 4.69) is 111 Å². The third-order valence-corrected chi connectivity index (χ3v) is 5.18. The van der Waals surface area contributed by atoms with Gasteiger partial charge in [0.25, 0.3) is 0 Å². The van der Waals surface area contributed by atoms with Crippen LogP contribution < -0.4 is 37.2 Å². The molecule has 0 aliphatic heterocycles. The zero-order valence-electron chi connectivity index (χ0n) is 17.7. The third kappa shape index (κ3) is 7.60. The molecule has 0 radical (unpaired) electrons. The van der Waals surface area contributed by atoms with Gasteiger partial charge in [0.05, 0.1) is 0 Å². The minimum atomic E-state index is 0. The molecule has 0 heterocycles. The summed E-state index contributed by atoms with van der Waals surface area (Å²) in [6, 6.07) is 35.5. The molecule has 0 nitrogen and oxygen atoms in total. The van der Waals surface area contributed by atoms with Crippen molar-refractivity contribution in [2.75, 3.05) is 0 Å². The summed E-state index contributed by atoms with van der Waals surface area (Å²) < 4.78 is 0. The van der Waals surface area contributed by atoms with Crippen molar-refractivity contribution >= 4 is 0 Å². The fraction of sp³-hybridized carbons (Fsp3) is 0.148. The molecule has 4 aromatic rings. The molecule has 0 amide bonds. The Balaban J connectivity index is 0.00000225. The van der Waals surface area contributed by atoms with Crippen LogP contribution in [0.3, 0.4) is 0 Å². The molecular weight excluding hydrogens is 479 g/mol. The van der Waals surface area contributed by atoms with Crippen LogP contribution in [-0.2, 0) is 28.1 Å². The van der Waals surface area contributed by atoms with E-state index in [9.17, 15) is 0 Å². The second-order valence-electron chi connectivity index (χ2n) is 7.48. The average Bonchev–Trinajstić information content (AvgIpc) is 3.11. The van der Waals surface area contributed by atoms with Gasteiger partial charge in [0.2, 0.25) is 0 Å². The molecule has 0 fully saturated rings. The SMILES string of the molecule is Cc1cccc(C(c2cccc(C)c2)[c-]2ccc(Cc3ccccc3)c2)c1.[Cl-].[Cl-].[Cl-].[Ti+4]. The molecule has 0 aliphatic rings. The second-order valence-corrected chi connectivity index (χ2v) is 7.48. The predicted molar refractivity (Wildman–Crippen MR) is 115 cm³/mol. The van der Waals surface area contributed by atoms with Crippen molar-refractivity contribution in [3.8, 4) is 0 Å². The number of benzene rings is 3. The first-order chi connectivity index (χ1) is 13.2. The Bertz CT molecular complexity index is 996. The molecule has 0 saturated heterocycles. The Morgan fingerprint density at radius 2 is 1.19 bits per heavy atom. The van der Waals surface area contributed by atoms with E-state index in [1.54, 1.807) is 0 Å². The monoisotopic (exact) mass is 502 g/mol. The molecule has 0 bridgehead atoms. The van der Waals surface area contributed by atoms with E-state index in [0.717, 1.165) is 6.42 Å². The first-order valence-corrected chi connectivity index (χ1v) is 9.61. The molecule has 4 heteroatoms. The molecule has 158 valence electrons. The van der Waals surface area contributed by atoms with Gasteiger partial charge in [-0.15, -0.1) is 5.56 Å². The van der Waals surface area contributed by atoms with Crippen molar-refractivity contribution in [2.45, 2.75) is 26.2 Å². The molecule has 31 heavy (non-hydrogen) atoms. The number of rotatable bonds is 5. The minimum absolute atomic E-state index is 0. The summed E-state index contributed by atoms with van der Waals surface area (Å²) in [7, 11) is 0. The summed E-state index contributed by atoms with van der Waals surface area (Å²) in [5.74, 6) is 0.273. The Morgan fingerprint density at radius 3 is 1.71 bits per heavy atom. The largest absolute Gasteiger partial charge is 4.00 e. The number of halogens is 3. The maximum Gasteiger partial charge on any atom is 4.00 e. The molecule has 0 unspecified atom stereocenters. The van der Waals surface area contributed by atoms with Gasteiger partial charge in [-0.25, -0.2) is 6.07 Å². The number of hydrogen-bond donors (Lipinski definition) is 0. The molecule has 4 rings (SSSR count). The summed E-state index contributed by atoms with van der Waals surface area (Å²) in [4.78, 5) is 0. The van der Waals surface area contributed by atoms with E-state index in [4.69, 9.17) is 0 Å². The van der Waals surface area contributed by atoms with Crippen molar-refractivity contribution in [1.29, 1.82) is 0 Å². The minimum Gasteiger partial charge on any atom is -1.00 e. The van der Waals surface area contributed by atoms with Crippen LogP contribution in [0, 0.1) is 13.8 Å². The van der Waals surface area contributed by atoms with Crippen molar-refractivity contribution < 1.29 is 58.9 Å². The predicted octanol–water partition coefficient (Wildman–Crippen LogP) is -2.20. The summed E-state index contributed by atoms with van der Waals surface area (Å²) in [6.07, 6.45) is 0.981. The molecule has 0 saturated carbocycles. The zero-order valence-corrected chi connectivity index (χ0v) is 21.5. The fourth-order valence-electron chi connectivity index (χ4n) is 3.91. The van der Waals surface area contributed by atoms with Crippen LogP contribution in [0.1, 0.15) is 44.9 Å². The second kappa shape index (κ2) is 13.9. The van der Waals surface area contributed by atoms with E-state index in [-0.39, 0.29) is 64.9 Å². The summed E-state index contributed by atoms with van der Waals surface area (Å²) in [5.41, 5.74) is 9.44. The van der Waals surface area contributed by atoms with Crippen molar-refractivity contribution in [2.24, 2.45) is 0 Å². The molecule has 4 aromatic carbocycles. The molecule has 0 aliphatic carbocycles. The van der Waals surface area contributed by atoms with Gasteiger partial charge in [0, 0.05) is 0 Å². The van der Waals surface area contributed by atoms with Crippen LogP contribution in [0.15, 0.2) is 97.1 Å². The number of aryl methyl sites for hydroxylation is 2. The van der Waals surface area contributed by atoms with Gasteiger partial charge in [0.15, 0.2) is 0 Å². The first-order valence-electron chi connectivity index (χ1n) is 9.61. The standard InChI is InChI=1S/C27H25.3ClH.Ti/c1-20-8-6-12-24(16-20)27(25-13-7-9-21(2)17-25)26-15-14-23(19-26)18-22-10-4-3-5-11-22;;;;/h3-17,19,27H,18H2,1-2H3;3*1H;/q-1;;;;+4/p-3. The van der Waals surface area contributed by atoms with Crippen molar-refractivity contribution in [3.05, 3.63) is 136 Å². The van der Waals surface area contributed by atoms with Crippen LogP contribution >= 0.6 is 0 Å². The van der Waals surface area contributed by atoms with Crippen molar-refractivity contribution in [3.63, 3.8) is 0 Å². The van der Waals surface area contributed by atoms with Gasteiger partial charge < -0.3 is 37.2 Å². The third-order valence-electron chi connectivity index (χ3n) is 5.18. The smallest absolute Gasteiger partial charge is 1.00 e. The van der Waals surface area contributed by atoms with E-state index >= 15 is 0 Å². The van der Waals surface area contributed by atoms with E-state index in [1.807, 2.05) is 0 Å². The van der Waals surface area contributed by atoms with Gasteiger partial charge in [-0.05, 0) is 30.9 Å². The topological polar surface area (TPSA) is 0 Å². The van der Waals surface area contributed by atoms with Crippen LogP contribution in [0.25, 0.3) is 0 Å². The molecule has 0 N–H and O–H groups in total. The Morgan fingerprint density at radius 1 is 0.645 bits per heavy atom. The van der Waals surface area contributed by atoms with Crippen LogP contribution in [0.5, 0.6) is 0 Å².